The quantitative estimate of drug-likeness (QED) is 0.638. The smallest absolute Gasteiger partial charge is 0.251 e. The molecule has 3 rings (SSSR count). The van der Waals surface area contributed by atoms with Crippen molar-refractivity contribution in [2.24, 2.45) is 0 Å². The fraction of sp³-hybridized carbons (Fsp3) is 0.353. The van der Waals surface area contributed by atoms with Crippen molar-refractivity contribution in [3.05, 3.63) is 47.2 Å². The van der Waals surface area contributed by atoms with Crippen LogP contribution < -0.4 is 5.32 Å². The van der Waals surface area contributed by atoms with E-state index in [2.05, 4.69) is 22.3 Å². The van der Waals surface area contributed by atoms with Gasteiger partial charge in [0.05, 0.1) is 35.0 Å². The number of amides is 1. The molecule has 0 spiro atoms. The second-order valence-corrected chi connectivity index (χ2v) is 6.40. The molecule has 6 nitrogen and oxygen atoms in total. The monoisotopic (exact) mass is 344 g/mol. The van der Waals surface area contributed by atoms with Gasteiger partial charge in [0.25, 0.3) is 5.91 Å². The number of nitrogens with one attached hydrogen (secondary N) is 1. The third-order valence-electron chi connectivity index (χ3n) is 3.55. The maximum atomic E-state index is 12.2. The van der Waals surface area contributed by atoms with Crippen LogP contribution in [0.2, 0.25) is 0 Å². The van der Waals surface area contributed by atoms with Gasteiger partial charge in [-0.25, -0.2) is 4.98 Å². The summed E-state index contributed by atoms with van der Waals surface area (Å²) in [7, 11) is 0. The van der Waals surface area contributed by atoms with Crippen molar-refractivity contribution in [3.8, 4) is 0 Å². The zero-order valence-corrected chi connectivity index (χ0v) is 14.4. The van der Waals surface area contributed by atoms with Crippen LogP contribution in [0.1, 0.15) is 22.3 Å². The van der Waals surface area contributed by atoms with Gasteiger partial charge in [0.2, 0.25) is 0 Å². The highest BCUT2D eigenvalue weighted by Crippen LogP contribution is 2.23. The molecule has 1 amide bonds. The van der Waals surface area contributed by atoms with E-state index < -0.39 is 0 Å². The van der Waals surface area contributed by atoms with Crippen molar-refractivity contribution in [3.63, 3.8) is 0 Å². The van der Waals surface area contributed by atoms with E-state index in [0.717, 1.165) is 21.6 Å². The highest BCUT2D eigenvalue weighted by molar-refractivity contribution is 7.18. The summed E-state index contributed by atoms with van der Waals surface area (Å²) in [4.78, 5) is 16.7. The van der Waals surface area contributed by atoms with Gasteiger partial charge in [0, 0.05) is 24.5 Å². The van der Waals surface area contributed by atoms with Crippen LogP contribution in [-0.2, 0) is 17.7 Å². The number of hydrogen-bond donors (Lipinski definition) is 1. The molecule has 0 fully saturated rings. The SMILES string of the molecule is CCc1nc2ccc(C(=O)NCCOCCn3cccn3)cc2s1. The Hall–Kier alpha value is -2.25. The molecule has 0 atom stereocenters. The molecule has 1 aromatic carbocycles. The summed E-state index contributed by atoms with van der Waals surface area (Å²) < 4.78 is 8.36. The van der Waals surface area contributed by atoms with Gasteiger partial charge in [0.1, 0.15) is 0 Å². The summed E-state index contributed by atoms with van der Waals surface area (Å²) in [5.41, 5.74) is 1.61. The third-order valence-corrected chi connectivity index (χ3v) is 4.72. The predicted octanol–water partition coefficient (Wildman–Crippen LogP) is 2.50. The summed E-state index contributed by atoms with van der Waals surface area (Å²) in [6, 6.07) is 7.50. The van der Waals surface area contributed by atoms with Gasteiger partial charge in [-0.15, -0.1) is 11.3 Å². The summed E-state index contributed by atoms with van der Waals surface area (Å²) >= 11 is 1.64. The lowest BCUT2D eigenvalue weighted by Crippen LogP contribution is -2.27. The number of hydrogen-bond acceptors (Lipinski definition) is 5. The highest BCUT2D eigenvalue weighted by atomic mass is 32.1. The Bertz CT molecular complexity index is 798. The fourth-order valence-electron chi connectivity index (χ4n) is 2.30. The maximum Gasteiger partial charge on any atom is 0.251 e. The molecule has 0 aliphatic carbocycles. The van der Waals surface area contributed by atoms with Crippen LogP contribution in [0, 0.1) is 0 Å². The van der Waals surface area contributed by atoms with E-state index in [9.17, 15) is 4.79 Å². The Kier molecular flexibility index (Phi) is 5.55. The van der Waals surface area contributed by atoms with Gasteiger partial charge in [-0.3, -0.25) is 9.48 Å². The second kappa shape index (κ2) is 8.03. The van der Waals surface area contributed by atoms with Crippen molar-refractivity contribution in [2.75, 3.05) is 19.8 Å². The first-order chi connectivity index (χ1) is 11.8. The molecule has 2 aromatic heterocycles. The normalized spacial score (nSPS) is 11.0. The van der Waals surface area contributed by atoms with Gasteiger partial charge in [-0.1, -0.05) is 6.92 Å². The molecule has 0 bridgehead atoms. The van der Waals surface area contributed by atoms with Gasteiger partial charge in [-0.05, 0) is 30.7 Å². The van der Waals surface area contributed by atoms with Crippen molar-refractivity contribution in [1.82, 2.24) is 20.1 Å². The summed E-state index contributed by atoms with van der Waals surface area (Å²) in [5.74, 6) is -0.0842. The van der Waals surface area contributed by atoms with Crippen LogP contribution >= 0.6 is 11.3 Å². The minimum atomic E-state index is -0.0842. The van der Waals surface area contributed by atoms with E-state index in [1.54, 1.807) is 17.5 Å². The number of carbonyl (C=O) groups is 1. The van der Waals surface area contributed by atoms with E-state index in [1.165, 1.54) is 0 Å². The zero-order chi connectivity index (χ0) is 16.8. The topological polar surface area (TPSA) is 69.0 Å². The van der Waals surface area contributed by atoms with Crippen molar-refractivity contribution < 1.29 is 9.53 Å². The molecular weight excluding hydrogens is 324 g/mol. The number of ether oxygens (including phenoxy) is 1. The van der Waals surface area contributed by atoms with Gasteiger partial charge < -0.3 is 10.1 Å². The van der Waals surface area contributed by atoms with Crippen LogP contribution in [0.3, 0.4) is 0 Å². The van der Waals surface area contributed by atoms with Gasteiger partial charge in [-0.2, -0.15) is 5.10 Å². The number of benzene rings is 1. The Balaban J connectivity index is 1.43. The lowest BCUT2D eigenvalue weighted by atomic mass is 10.2. The molecule has 0 radical (unpaired) electrons. The summed E-state index contributed by atoms with van der Waals surface area (Å²) in [6.45, 7) is 4.33. The minimum Gasteiger partial charge on any atom is -0.378 e. The van der Waals surface area contributed by atoms with E-state index in [0.29, 0.717) is 31.9 Å². The van der Waals surface area contributed by atoms with Gasteiger partial charge >= 0.3 is 0 Å². The van der Waals surface area contributed by atoms with E-state index >= 15 is 0 Å². The number of thiazole rings is 1. The highest BCUT2D eigenvalue weighted by Gasteiger charge is 2.08. The number of aryl methyl sites for hydroxylation is 1. The maximum absolute atomic E-state index is 12.2. The van der Waals surface area contributed by atoms with E-state index in [1.807, 2.05) is 35.1 Å². The first-order valence-corrected chi connectivity index (χ1v) is 8.80. The lowest BCUT2D eigenvalue weighted by Gasteiger charge is -2.07. The number of rotatable bonds is 8. The molecule has 3 aromatic rings. The first kappa shape index (κ1) is 16.6. The molecule has 7 heteroatoms. The molecule has 1 N–H and O–H groups in total. The van der Waals surface area contributed by atoms with Gasteiger partial charge in [0.15, 0.2) is 0 Å². The van der Waals surface area contributed by atoms with Crippen LogP contribution in [-0.4, -0.2) is 40.4 Å². The van der Waals surface area contributed by atoms with E-state index in [-0.39, 0.29) is 5.91 Å². The summed E-state index contributed by atoms with van der Waals surface area (Å²) in [5, 5.41) is 8.06. The molecule has 0 saturated heterocycles. The van der Waals surface area contributed by atoms with Crippen molar-refractivity contribution >= 4 is 27.5 Å². The molecule has 24 heavy (non-hydrogen) atoms. The van der Waals surface area contributed by atoms with Crippen LogP contribution in [0.4, 0.5) is 0 Å². The second-order valence-electron chi connectivity index (χ2n) is 5.28. The molecule has 0 aliphatic rings. The Morgan fingerprint density at radius 3 is 3.08 bits per heavy atom. The largest absolute Gasteiger partial charge is 0.378 e. The molecule has 126 valence electrons. The molecule has 2 heterocycles. The Morgan fingerprint density at radius 2 is 2.29 bits per heavy atom. The van der Waals surface area contributed by atoms with Crippen LogP contribution in [0.5, 0.6) is 0 Å². The number of fused-ring (bicyclic) bond motifs is 1. The average Bonchev–Trinajstić information content (AvgIpc) is 3.25. The third kappa shape index (κ3) is 4.18. The lowest BCUT2D eigenvalue weighted by molar-refractivity contribution is 0.0906. The molecule has 0 saturated carbocycles. The number of nitrogens with zero attached hydrogens (tertiary/aromatic N) is 3. The number of carbonyl (C=O) groups excluding carboxylic acids is 1. The Morgan fingerprint density at radius 1 is 1.38 bits per heavy atom. The molecular formula is C17H20N4O2S. The zero-order valence-electron chi connectivity index (χ0n) is 13.6. The fourth-order valence-corrected chi connectivity index (χ4v) is 3.24. The van der Waals surface area contributed by atoms with E-state index in [4.69, 9.17) is 4.74 Å². The molecule has 0 unspecified atom stereocenters. The minimum absolute atomic E-state index is 0.0842. The van der Waals surface area contributed by atoms with Crippen LogP contribution in [0.15, 0.2) is 36.7 Å². The predicted molar refractivity (Wildman–Crippen MR) is 94.4 cm³/mol. The Labute approximate surface area is 144 Å². The number of aromatic nitrogens is 3. The molecule has 0 aliphatic heterocycles. The van der Waals surface area contributed by atoms with Crippen LogP contribution in [0.25, 0.3) is 10.2 Å². The van der Waals surface area contributed by atoms with Crippen molar-refractivity contribution in [2.45, 2.75) is 19.9 Å². The first-order valence-electron chi connectivity index (χ1n) is 7.99. The standard InChI is InChI=1S/C17H20N4O2S/c1-2-16-20-14-5-4-13(12-15(14)24-16)17(22)18-7-10-23-11-9-21-8-3-6-19-21/h3-6,8,12H,2,7,9-11H2,1H3,(H,18,22). The van der Waals surface area contributed by atoms with Crippen molar-refractivity contribution in [1.29, 1.82) is 0 Å². The summed E-state index contributed by atoms with van der Waals surface area (Å²) in [6.07, 6.45) is 4.55. The average molecular weight is 344 g/mol.